The molecule has 2 heterocycles. The van der Waals surface area contributed by atoms with Gasteiger partial charge in [-0.15, -0.1) is 11.3 Å². The van der Waals surface area contributed by atoms with Crippen LogP contribution in [0.5, 0.6) is 0 Å². The average molecular weight is 266 g/mol. The molecule has 0 saturated heterocycles. The molecule has 0 aliphatic rings. The second-order valence-corrected chi connectivity index (χ2v) is 5.41. The number of aryl methyl sites for hydroxylation is 2. The maximum atomic E-state index is 4.68. The van der Waals surface area contributed by atoms with Gasteiger partial charge in [0.15, 0.2) is 0 Å². The summed E-state index contributed by atoms with van der Waals surface area (Å²) in [6, 6.07) is 12.3. The van der Waals surface area contributed by atoms with Crippen LogP contribution in [0.25, 0.3) is 22.0 Å². The lowest BCUT2D eigenvalue weighted by molar-refractivity contribution is 1.28. The Morgan fingerprint density at radius 2 is 1.84 bits per heavy atom. The summed E-state index contributed by atoms with van der Waals surface area (Å²) >= 11 is 1.63. The molecule has 0 aliphatic carbocycles. The van der Waals surface area contributed by atoms with E-state index in [2.05, 4.69) is 47.4 Å². The first kappa shape index (κ1) is 12.1. The van der Waals surface area contributed by atoms with Gasteiger partial charge in [0.05, 0.1) is 11.4 Å². The molecule has 2 aromatic heterocycles. The van der Waals surface area contributed by atoms with Crippen molar-refractivity contribution in [2.24, 2.45) is 0 Å². The van der Waals surface area contributed by atoms with E-state index in [1.54, 1.807) is 17.5 Å². The second kappa shape index (κ2) is 4.94. The van der Waals surface area contributed by atoms with E-state index in [0.717, 1.165) is 16.4 Å². The number of hydrogen-bond acceptors (Lipinski definition) is 3. The number of hydrogen-bond donors (Lipinski definition) is 0. The highest BCUT2D eigenvalue weighted by atomic mass is 32.1. The Labute approximate surface area is 116 Å². The molecule has 0 bridgehead atoms. The van der Waals surface area contributed by atoms with Crippen LogP contribution in [-0.2, 0) is 0 Å². The van der Waals surface area contributed by atoms with Crippen molar-refractivity contribution >= 4 is 11.3 Å². The highest BCUT2D eigenvalue weighted by molar-refractivity contribution is 7.13. The Kier molecular flexibility index (Phi) is 3.13. The van der Waals surface area contributed by atoms with Crippen LogP contribution < -0.4 is 0 Å². The number of thiazole rings is 1. The molecule has 0 unspecified atom stereocenters. The molecule has 0 aliphatic heterocycles. The Hall–Kier alpha value is -2.00. The number of benzene rings is 1. The van der Waals surface area contributed by atoms with Gasteiger partial charge in [-0.05, 0) is 43.2 Å². The molecule has 0 N–H and O–H groups in total. The van der Waals surface area contributed by atoms with Crippen molar-refractivity contribution in [3.05, 3.63) is 59.1 Å². The van der Waals surface area contributed by atoms with Gasteiger partial charge in [-0.2, -0.15) is 0 Å². The maximum absolute atomic E-state index is 4.68. The van der Waals surface area contributed by atoms with Crippen LogP contribution in [0, 0.1) is 13.8 Å². The molecule has 0 radical (unpaired) electrons. The SMILES string of the molecule is Cc1ccc(-c2csc(-c3ccccn3)n2)cc1C. The van der Waals surface area contributed by atoms with Crippen molar-refractivity contribution < 1.29 is 0 Å². The lowest BCUT2D eigenvalue weighted by atomic mass is 10.1. The third-order valence-electron chi connectivity index (χ3n) is 3.19. The normalized spacial score (nSPS) is 10.6. The highest BCUT2D eigenvalue weighted by Crippen LogP contribution is 2.28. The summed E-state index contributed by atoms with van der Waals surface area (Å²) in [4.78, 5) is 9.01. The predicted molar refractivity (Wildman–Crippen MR) is 80.3 cm³/mol. The van der Waals surface area contributed by atoms with E-state index in [0.29, 0.717) is 0 Å². The van der Waals surface area contributed by atoms with Crippen LogP contribution in [0.4, 0.5) is 0 Å². The summed E-state index contributed by atoms with van der Waals surface area (Å²) in [6.07, 6.45) is 1.80. The van der Waals surface area contributed by atoms with E-state index in [1.165, 1.54) is 16.7 Å². The fourth-order valence-electron chi connectivity index (χ4n) is 1.91. The van der Waals surface area contributed by atoms with E-state index in [1.807, 2.05) is 18.2 Å². The zero-order valence-corrected chi connectivity index (χ0v) is 11.7. The molecular formula is C16H14N2S. The average Bonchev–Trinajstić information content (AvgIpc) is 2.93. The summed E-state index contributed by atoms with van der Waals surface area (Å²) in [5.74, 6) is 0. The topological polar surface area (TPSA) is 25.8 Å². The molecule has 0 saturated carbocycles. The van der Waals surface area contributed by atoms with Crippen LogP contribution in [0.3, 0.4) is 0 Å². The summed E-state index contributed by atoms with van der Waals surface area (Å²) in [6.45, 7) is 4.25. The number of nitrogens with zero attached hydrogens (tertiary/aromatic N) is 2. The van der Waals surface area contributed by atoms with Crippen molar-refractivity contribution in [2.75, 3.05) is 0 Å². The first-order valence-electron chi connectivity index (χ1n) is 6.18. The summed E-state index contributed by atoms with van der Waals surface area (Å²) in [5.41, 5.74) is 5.73. The molecule has 19 heavy (non-hydrogen) atoms. The van der Waals surface area contributed by atoms with Gasteiger partial charge in [0, 0.05) is 17.1 Å². The quantitative estimate of drug-likeness (QED) is 0.683. The third kappa shape index (κ3) is 2.42. The number of rotatable bonds is 2. The predicted octanol–water partition coefficient (Wildman–Crippen LogP) is 4.49. The lowest BCUT2D eigenvalue weighted by Gasteiger charge is -2.02. The van der Waals surface area contributed by atoms with E-state index in [9.17, 15) is 0 Å². The van der Waals surface area contributed by atoms with Crippen molar-refractivity contribution in [2.45, 2.75) is 13.8 Å². The van der Waals surface area contributed by atoms with Crippen LogP contribution >= 0.6 is 11.3 Å². The van der Waals surface area contributed by atoms with Gasteiger partial charge >= 0.3 is 0 Å². The number of aromatic nitrogens is 2. The molecule has 94 valence electrons. The smallest absolute Gasteiger partial charge is 0.142 e. The van der Waals surface area contributed by atoms with Gasteiger partial charge in [0.2, 0.25) is 0 Å². The molecule has 0 fully saturated rings. The lowest BCUT2D eigenvalue weighted by Crippen LogP contribution is -1.85. The van der Waals surface area contributed by atoms with Crippen molar-refractivity contribution in [1.29, 1.82) is 0 Å². The van der Waals surface area contributed by atoms with Gasteiger partial charge in [-0.25, -0.2) is 4.98 Å². The van der Waals surface area contributed by atoms with Gasteiger partial charge in [-0.3, -0.25) is 4.98 Å². The molecule has 3 aromatic rings. The minimum atomic E-state index is 0.933. The monoisotopic (exact) mass is 266 g/mol. The molecule has 2 nitrogen and oxygen atoms in total. The van der Waals surface area contributed by atoms with Crippen LogP contribution in [0.15, 0.2) is 48.0 Å². The molecule has 3 rings (SSSR count). The minimum Gasteiger partial charge on any atom is -0.254 e. The third-order valence-corrected chi connectivity index (χ3v) is 4.06. The van der Waals surface area contributed by atoms with Crippen molar-refractivity contribution in [3.8, 4) is 22.0 Å². The Morgan fingerprint density at radius 1 is 0.947 bits per heavy atom. The largest absolute Gasteiger partial charge is 0.254 e. The molecule has 0 amide bonds. The van der Waals surface area contributed by atoms with Gasteiger partial charge in [-0.1, -0.05) is 18.2 Å². The molecule has 3 heteroatoms. The fraction of sp³-hybridized carbons (Fsp3) is 0.125. The molecule has 1 aromatic carbocycles. The molecule has 0 atom stereocenters. The second-order valence-electron chi connectivity index (χ2n) is 4.55. The van der Waals surface area contributed by atoms with Gasteiger partial charge in [0.25, 0.3) is 0 Å². The zero-order chi connectivity index (χ0) is 13.2. The van der Waals surface area contributed by atoms with Crippen molar-refractivity contribution in [1.82, 2.24) is 9.97 Å². The van der Waals surface area contributed by atoms with E-state index < -0.39 is 0 Å². The Bertz CT molecular complexity index is 702. The zero-order valence-electron chi connectivity index (χ0n) is 10.9. The summed E-state index contributed by atoms with van der Waals surface area (Å²) in [5, 5.41) is 3.06. The summed E-state index contributed by atoms with van der Waals surface area (Å²) < 4.78 is 0. The first-order valence-corrected chi connectivity index (χ1v) is 7.06. The number of pyridine rings is 1. The standard InChI is InChI=1S/C16H14N2S/c1-11-6-7-13(9-12(11)2)15-10-19-16(18-15)14-5-3-4-8-17-14/h3-10H,1-2H3. The minimum absolute atomic E-state index is 0.933. The van der Waals surface area contributed by atoms with Crippen LogP contribution in [-0.4, -0.2) is 9.97 Å². The Balaban J connectivity index is 1.99. The van der Waals surface area contributed by atoms with Gasteiger partial charge < -0.3 is 0 Å². The maximum Gasteiger partial charge on any atom is 0.142 e. The van der Waals surface area contributed by atoms with E-state index >= 15 is 0 Å². The van der Waals surface area contributed by atoms with E-state index in [4.69, 9.17) is 0 Å². The van der Waals surface area contributed by atoms with Crippen LogP contribution in [0.1, 0.15) is 11.1 Å². The Morgan fingerprint density at radius 3 is 2.58 bits per heavy atom. The van der Waals surface area contributed by atoms with Gasteiger partial charge in [0.1, 0.15) is 5.01 Å². The van der Waals surface area contributed by atoms with E-state index in [-0.39, 0.29) is 0 Å². The molecule has 0 spiro atoms. The first-order chi connectivity index (χ1) is 9.24. The van der Waals surface area contributed by atoms with Crippen molar-refractivity contribution in [3.63, 3.8) is 0 Å². The summed E-state index contributed by atoms with van der Waals surface area (Å²) in [7, 11) is 0. The van der Waals surface area contributed by atoms with Crippen LogP contribution in [0.2, 0.25) is 0 Å². The highest BCUT2D eigenvalue weighted by Gasteiger charge is 2.07. The molecular weight excluding hydrogens is 252 g/mol. The fourth-order valence-corrected chi connectivity index (χ4v) is 2.72.